The summed E-state index contributed by atoms with van der Waals surface area (Å²) in [4.78, 5) is 12.9. The van der Waals surface area contributed by atoms with Gasteiger partial charge < -0.3 is 30.4 Å². The average molecular weight is 421 g/mol. The first-order valence-electron chi connectivity index (χ1n) is 8.92. The monoisotopic (exact) mass is 421 g/mol. The number of hydrogen-bond donors (Lipinski definition) is 5. The second-order valence-electron chi connectivity index (χ2n) is 6.89. The molecule has 8 nitrogen and oxygen atoms in total. The van der Waals surface area contributed by atoms with Gasteiger partial charge in [0.25, 0.3) is 0 Å². The maximum Gasteiger partial charge on any atom is 0.340 e. The Balaban J connectivity index is 1.76. The number of fused-ring (bicyclic) bond motifs is 6. The number of hydrazine groups is 1. The van der Waals surface area contributed by atoms with E-state index in [0.717, 1.165) is 0 Å². The van der Waals surface area contributed by atoms with E-state index in [1.54, 1.807) is 30.3 Å². The summed E-state index contributed by atoms with van der Waals surface area (Å²) in [6.07, 6.45) is 0. The molecule has 2 heterocycles. The lowest BCUT2D eigenvalue weighted by atomic mass is 9.77. The molecular formula is C21H15N3O5S. The van der Waals surface area contributed by atoms with Crippen LogP contribution in [-0.4, -0.2) is 21.3 Å². The number of rotatable bonds is 1. The molecule has 0 amide bonds. The van der Waals surface area contributed by atoms with Gasteiger partial charge >= 0.3 is 5.97 Å². The topological polar surface area (TPSA) is 126 Å². The van der Waals surface area contributed by atoms with Gasteiger partial charge in [-0.05, 0) is 48.6 Å². The number of carbonyl (C=O) groups is 1. The number of hydrogen-bond acceptors (Lipinski definition) is 7. The number of benzene rings is 3. The molecule has 0 fully saturated rings. The Morgan fingerprint density at radius 3 is 2.13 bits per heavy atom. The summed E-state index contributed by atoms with van der Waals surface area (Å²) in [6.45, 7) is 0. The number of anilines is 1. The predicted molar refractivity (Wildman–Crippen MR) is 112 cm³/mol. The summed E-state index contributed by atoms with van der Waals surface area (Å²) < 4.78 is 11.9. The van der Waals surface area contributed by atoms with Gasteiger partial charge in [0.1, 0.15) is 23.0 Å². The maximum absolute atomic E-state index is 12.9. The number of carbonyl (C=O) groups excluding carboxylic acids is 1. The minimum atomic E-state index is -1.29. The summed E-state index contributed by atoms with van der Waals surface area (Å²) >= 11 is 5.01. The lowest BCUT2D eigenvalue weighted by molar-refractivity contribution is 0.0224. The minimum Gasteiger partial charge on any atom is -0.508 e. The van der Waals surface area contributed by atoms with Crippen molar-refractivity contribution in [2.45, 2.75) is 5.60 Å². The molecule has 0 radical (unpaired) electrons. The highest BCUT2D eigenvalue weighted by atomic mass is 32.1. The second kappa shape index (κ2) is 6.34. The van der Waals surface area contributed by atoms with Crippen molar-refractivity contribution < 1.29 is 24.5 Å². The van der Waals surface area contributed by atoms with Crippen LogP contribution in [0.5, 0.6) is 23.0 Å². The van der Waals surface area contributed by atoms with Crippen LogP contribution in [0.1, 0.15) is 27.0 Å². The van der Waals surface area contributed by atoms with Crippen LogP contribution in [0.15, 0.2) is 54.6 Å². The average Bonchev–Trinajstić information content (AvgIpc) is 3.00. The Morgan fingerprint density at radius 2 is 1.53 bits per heavy atom. The Labute approximate surface area is 175 Å². The maximum atomic E-state index is 12.9. The zero-order chi connectivity index (χ0) is 21.0. The fraction of sp³-hybridized carbons (Fsp3) is 0.0476. The lowest BCUT2D eigenvalue weighted by Crippen LogP contribution is -2.34. The summed E-state index contributed by atoms with van der Waals surface area (Å²) in [5.74, 6) is 5.42. The molecule has 3 aromatic rings. The van der Waals surface area contributed by atoms with Gasteiger partial charge in [-0.25, -0.2) is 10.6 Å². The van der Waals surface area contributed by atoms with Crippen molar-refractivity contribution in [1.29, 1.82) is 0 Å². The molecule has 150 valence electrons. The van der Waals surface area contributed by atoms with Crippen molar-refractivity contribution in [3.05, 3.63) is 76.9 Å². The summed E-state index contributed by atoms with van der Waals surface area (Å²) in [5.41, 5.74) is 3.67. The molecule has 1 spiro atoms. The highest BCUT2D eigenvalue weighted by Gasteiger charge is 2.53. The Morgan fingerprint density at radius 1 is 0.933 bits per heavy atom. The van der Waals surface area contributed by atoms with Gasteiger partial charge in [0.15, 0.2) is 10.7 Å². The Bertz CT molecular complexity index is 1190. The third-order valence-electron chi connectivity index (χ3n) is 5.16. The van der Waals surface area contributed by atoms with Crippen molar-refractivity contribution in [1.82, 2.24) is 5.43 Å². The smallest absolute Gasteiger partial charge is 0.340 e. The first-order chi connectivity index (χ1) is 14.4. The highest BCUT2D eigenvalue weighted by molar-refractivity contribution is 7.80. The summed E-state index contributed by atoms with van der Waals surface area (Å²) in [7, 11) is 0. The zero-order valence-corrected chi connectivity index (χ0v) is 16.1. The van der Waals surface area contributed by atoms with Gasteiger partial charge in [0.2, 0.25) is 0 Å². The molecule has 5 rings (SSSR count). The van der Waals surface area contributed by atoms with Crippen LogP contribution < -0.4 is 21.3 Å². The van der Waals surface area contributed by atoms with Gasteiger partial charge in [-0.3, -0.25) is 0 Å². The third kappa shape index (κ3) is 2.49. The number of ether oxygens (including phenoxy) is 2. The second-order valence-corrected chi connectivity index (χ2v) is 7.30. The molecule has 0 bridgehead atoms. The van der Waals surface area contributed by atoms with E-state index in [2.05, 4.69) is 10.7 Å². The van der Waals surface area contributed by atoms with E-state index in [4.69, 9.17) is 27.5 Å². The van der Waals surface area contributed by atoms with Crippen LogP contribution >= 0.6 is 12.2 Å². The minimum absolute atomic E-state index is 0.000560. The molecule has 30 heavy (non-hydrogen) atoms. The van der Waals surface area contributed by atoms with Crippen molar-refractivity contribution in [2.24, 2.45) is 5.84 Å². The number of phenolic OH excluding ortho intramolecular Hbond substituents is 2. The SMILES string of the molecule is NNC(=S)Nc1ccc2c(c1)C(=O)OC21c2ccc(O)cc2Oc2cc(O)ccc21. The van der Waals surface area contributed by atoms with E-state index < -0.39 is 11.6 Å². The standard InChI is InChI=1S/C21H15N3O5S/c22-24-20(30)23-10-1-4-14-13(7-10)19(27)29-21(14)15-5-2-11(25)8-17(15)28-18-9-12(26)3-6-16(18)21/h1-9,25-26H,22H2,(H2,23,24,30). The molecule has 0 saturated carbocycles. The number of esters is 1. The fourth-order valence-corrected chi connectivity index (χ4v) is 4.07. The van der Waals surface area contributed by atoms with Crippen LogP contribution in [-0.2, 0) is 10.3 Å². The van der Waals surface area contributed by atoms with E-state index >= 15 is 0 Å². The van der Waals surface area contributed by atoms with Crippen LogP contribution in [0.4, 0.5) is 5.69 Å². The summed E-state index contributed by atoms with van der Waals surface area (Å²) in [6, 6.07) is 14.3. The highest BCUT2D eigenvalue weighted by Crippen LogP contribution is 2.57. The molecule has 6 N–H and O–H groups in total. The molecule has 9 heteroatoms. The van der Waals surface area contributed by atoms with Gasteiger partial charge in [0, 0.05) is 34.5 Å². The van der Waals surface area contributed by atoms with Crippen LogP contribution in [0, 0.1) is 0 Å². The molecule has 0 aromatic heterocycles. The van der Waals surface area contributed by atoms with E-state index in [1.165, 1.54) is 24.3 Å². The van der Waals surface area contributed by atoms with Crippen molar-refractivity contribution >= 4 is 29.0 Å². The fourth-order valence-electron chi connectivity index (χ4n) is 3.95. The van der Waals surface area contributed by atoms with Gasteiger partial charge in [-0.2, -0.15) is 0 Å². The van der Waals surface area contributed by atoms with Crippen LogP contribution in [0.25, 0.3) is 0 Å². The first-order valence-corrected chi connectivity index (χ1v) is 9.33. The molecule has 0 saturated heterocycles. The quantitative estimate of drug-likeness (QED) is 0.174. The molecule has 3 aromatic carbocycles. The van der Waals surface area contributed by atoms with Crippen LogP contribution in [0.2, 0.25) is 0 Å². The predicted octanol–water partition coefficient (Wildman–Crippen LogP) is 2.83. The Kier molecular flexibility index (Phi) is 3.85. The number of aromatic hydroxyl groups is 2. The largest absolute Gasteiger partial charge is 0.508 e. The normalized spacial score (nSPS) is 14.8. The number of thiocarbonyl (C=S) groups is 1. The van der Waals surface area contributed by atoms with Gasteiger partial charge in [-0.15, -0.1) is 0 Å². The van der Waals surface area contributed by atoms with Crippen molar-refractivity contribution in [3.63, 3.8) is 0 Å². The zero-order valence-electron chi connectivity index (χ0n) is 15.3. The van der Waals surface area contributed by atoms with Crippen molar-refractivity contribution in [2.75, 3.05) is 5.32 Å². The van der Waals surface area contributed by atoms with Gasteiger partial charge in [0.05, 0.1) is 5.56 Å². The first kappa shape index (κ1) is 18.2. The Hall–Kier alpha value is -3.82. The van der Waals surface area contributed by atoms with Crippen LogP contribution in [0.3, 0.4) is 0 Å². The lowest BCUT2D eigenvalue weighted by Gasteiger charge is -2.36. The molecular weight excluding hydrogens is 406 g/mol. The van der Waals surface area contributed by atoms with E-state index in [1.807, 2.05) is 0 Å². The molecule has 0 aliphatic carbocycles. The third-order valence-corrected chi connectivity index (χ3v) is 5.38. The van der Waals surface area contributed by atoms with Crippen molar-refractivity contribution in [3.8, 4) is 23.0 Å². The number of phenols is 2. The van der Waals surface area contributed by atoms with E-state index in [0.29, 0.717) is 39.4 Å². The van der Waals surface area contributed by atoms with Gasteiger partial charge in [-0.1, -0.05) is 6.07 Å². The summed E-state index contributed by atoms with van der Waals surface area (Å²) in [5, 5.41) is 23.0. The molecule has 2 aliphatic rings. The van der Waals surface area contributed by atoms with E-state index in [-0.39, 0.29) is 16.6 Å². The molecule has 0 unspecified atom stereocenters. The molecule has 0 atom stereocenters. The molecule has 2 aliphatic heterocycles. The number of nitrogens with two attached hydrogens (primary N) is 1. The number of nitrogens with one attached hydrogen (secondary N) is 2. The van der Waals surface area contributed by atoms with E-state index in [9.17, 15) is 15.0 Å².